The Hall–Kier alpha value is -4.05. The molecule has 4 aromatic rings. The van der Waals surface area contributed by atoms with E-state index >= 15 is 0 Å². The Balaban J connectivity index is 1.48. The SMILES string of the molecule is CCC1(C)C(C=C2C(=O)C(c3c(-c4ccccc4)n(C)c4ccccc34)C2=O)=[N+](C)c2ccccc21. The summed E-state index contributed by atoms with van der Waals surface area (Å²) < 4.78 is 4.24. The molecule has 0 radical (unpaired) electrons. The van der Waals surface area contributed by atoms with Crippen LogP contribution in [-0.4, -0.2) is 33.5 Å². The molecule has 1 unspecified atom stereocenters. The highest BCUT2D eigenvalue weighted by Gasteiger charge is 2.51. The third-order valence-electron chi connectivity index (χ3n) is 8.31. The van der Waals surface area contributed by atoms with Gasteiger partial charge in [-0.05, 0) is 25.0 Å². The number of nitrogens with zero attached hydrogens (tertiary/aromatic N) is 2. The monoisotopic (exact) mass is 473 g/mol. The smallest absolute Gasteiger partial charge is 0.209 e. The van der Waals surface area contributed by atoms with Gasteiger partial charge in [0.2, 0.25) is 5.69 Å². The van der Waals surface area contributed by atoms with Crippen molar-refractivity contribution in [2.24, 2.45) is 7.05 Å². The zero-order valence-electron chi connectivity index (χ0n) is 21.1. The van der Waals surface area contributed by atoms with E-state index in [0.29, 0.717) is 5.57 Å². The molecule has 36 heavy (non-hydrogen) atoms. The Morgan fingerprint density at radius 3 is 2.28 bits per heavy atom. The van der Waals surface area contributed by atoms with Crippen molar-refractivity contribution >= 4 is 33.9 Å². The number of rotatable bonds is 4. The van der Waals surface area contributed by atoms with E-state index in [9.17, 15) is 9.59 Å². The second-order valence-corrected chi connectivity index (χ2v) is 10.1. The second-order valence-electron chi connectivity index (χ2n) is 10.1. The van der Waals surface area contributed by atoms with Gasteiger partial charge in [-0.2, -0.15) is 4.58 Å². The summed E-state index contributed by atoms with van der Waals surface area (Å²) in [6.07, 6.45) is 2.73. The van der Waals surface area contributed by atoms with Gasteiger partial charge < -0.3 is 4.57 Å². The summed E-state index contributed by atoms with van der Waals surface area (Å²) >= 11 is 0. The molecule has 3 aromatic carbocycles. The predicted molar refractivity (Wildman–Crippen MR) is 144 cm³/mol. The first-order chi connectivity index (χ1) is 17.4. The van der Waals surface area contributed by atoms with Gasteiger partial charge in [-0.15, -0.1) is 0 Å². The summed E-state index contributed by atoms with van der Waals surface area (Å²) in [5.74, 6) is -0.965. The lowest BCUT2D eigenvalue weighted by atomic mass is 9.69. The van der Waals surface area contributed by atoms with Crippen LogP contribution in [0.4, 0.5) is 5.69 Å². The molecular formula is C32H29N2O2+. The van der Waals surface area contributed by atoms with E-state index in [-0.39, 0.29) is 17.0 Å². The predicted octanol–water partition coefficient (Wildman–Crippen LogP) is 6.10. The Bertz CT molecular complexity index is 1620. The van der Waals surface area contributed by atoms with Crippen LogP contribution in [0.5, 0.6) is 0 Å². The average Bonchev–Trinajstić information content (AvgIpc) is 3.32. The fraction of sp³-hybridized carbons (Fsp3) is 0.219. The van der Waals surface area contributed by atoms with E-state index in [2.05, 4.69) is 41.2 Å². The molecule has 6 rings (SSSR count). The minimum absolute atomic E-state index is 0.0937. The van der Waals surface area contributed by atoms with E-state index in [1.165, 1.54) is 5.56 Å². The highest BCUT2D eigenvalue weighted by Crippen LogP contribution is 2.46. The highest BCUT2D eigenvalue weighted by molar-refractivity contribution is 6.44. The summed E-state index contributed by atoms with van der Waals surface area (Å²) in [6.45, 7) is 4.36. The number of aromatic nitrogens is 1. The van der Waals surface area contributed by atoms with Crippen molar-refractivity contribution in [2.75, 3.05) is 7.05 Å². The van der Waals surface area contributed by atoms with Crippen LogP contribution in [0.25, 0.3) is 22.2 Å². The number of fused-ring (bicyclic) bond motifs is 2. The number of Topliss-reactive ketones (excluding diaryl/α,β-unsaturated/α-hetero) is 2. The van der Waals surface area contributed by atoms with Gasteiger partial charge in [0.15, 0.2) is 17.3 Å². The highest BCUT2D eigenvalue weighted by atomic mass is 16.2. The van der Waals surface area contributed by atoms with Gasteiger partial charge in [0.25, 0.3) is 0 Å². The number of aryl methyl sites for hydroxylation is 1. The summed E-state index contributed by atoms with van der Waals surface area (Å²) in [5.41, 5.74) is 7.19. The molecule has 0 amide bonds. The maximum absolute atomic E-state index is 13.7. The molecule has 0 saturated heterocycles. The first-order valence-corrected chi connectivity index (χ1v) is 12.5. The van der Waals surface area contributed by atoms with Crippen molar-refractivity contribution in [3.8, 4) is 11.3 Å². The lowest BCUT2D eigenvalue weighted by molar-refractivity contribution is -0.401. The Kier molecular flexibility index (Phi) is 4.97. The fourth-order valence-corrected chi connectivity index (χ4v) is 6.17. The number of ketones is 2. The third kappa shape index (κ3) is 2.91. The first kappa shape index (κ1) is 22.4. The maximum Gasteiger partial charge on any atom is 0.209 e. The molecule has 2 heterocycles. The molecule has 1 aliphatic carbocycles. The van der Waals surface area contributed by atoms with Gasteiger partial charge in [-0.3, -0.25) is 9.59 Å². The van der Waals surface area contributed by atoms with E-state index < -0.39 is 5.92 Å². The Labute approximate surface area is 211 Å². The van der Waals surface area contributed by atoms with Crippen molar-refractivity contribution in [2.45, 2.75) is 31.6 Å². The van der Waals surface area contributed by atoms with Crippen molar-refractivity contribution in [3.63, 3.8) is 0 Å². The minimum Gasteiger partial charge on any atom is -0.343 e. The number of para-hydroxylation sites is 2. The number of carbonyl (C=O) groups excluding carboxylic acids is 2. The molecular weight excluding hydrogens is 444 g/mol. The van der Waals surface area contributed by atoms with Gasteiger partial charge in [-0.25, -0.2) is 0 Å². The Morgan fingerprint density at radius 1 is 0.917 bits per heavy atom. The van der Waals surface area contributed by atoms with Crippen LogP contribution in [0.1, 0.15) is 37.3 Å². The molecule has 2 aliphatic rings. The van der Waals surface area contributed by atoms with Crippen LogP contribution in [0, 0.1) is 0 Å². The van der Waals surface area contributed by atoms with Gasteiger partial charge in [0, 0.05) is 41.2 Å². The van der Waals surface area contributed by atoms with E-state index in [1.807, 2.05) is 80.8 Å². The van der Waals surface area contributed by atoms with Crippen LogP contribution < -0.4 is 0 Å². The van der Waals surface area contributed by atoms with Gasteiger partial charge in [0.05, 0.1) is 16.7 Å². The molecule has 0 N–H and O–H groups in total. The van der Waals surface area contributed by atoms with Crippen LogP contribution in [0.15, 0.2) is 90.5 Å². The van der Waals surface area contributed by atoms with Crippen LogP contribution in [0.3, 0.4) is 0 Å². The zero-order chi connectivity index (χ0) is 25.2. The van der Waals surface area contributed by atoms with Crippen LogP contribution in [0.2, 0.25) is 0 Å². The number of benzene rings is 3. The van der Waals surface area contributed by atoms with E-state index in [4.69, 9.17) is 0 Å². The normalized spacial score (nSPS) is 21.2. The third-order valence-corrected chi connectivity index (χ3v) is 8.31. The first-order valence-electron chi connectivity index (χ1n) is 12.5. The molecule has 1 fully saturated rings. The maximum atomic E-state index is 13.7. The molecule has 1 saturated carbocycles. The molecule has 1 atom stereocenters. The van der Waals surface area contributed by atoms with Gasteiger partial charge in [0.1, 0.15) is 13.0 Å². The topological polar surface area (TPSA) is 42.1 Å². The van der Waals surface area contributed by atoms with Crippen molar-refractivity contribution in [3.05, 3.63) is 102 Å². The van der Waals surface area contributed by atoms with Crippen molar-refractivity contribution in [1.29, 1.82) is 0 Å². The minimum atomic E-state index is -0.778. The van der Waals surface area contributed by atoms with Crippen molar-refractivity contribution in [1.82, 2.24) is 4.57 Å². The average molecular weight is 474 g/mol. The van der Waals surface area contributed by atoms with Gasteiger partial charge >= 0.3 is 0 Å². The van der Waals surface area contributed by atoms with Crippen molar-refractivity contribution < 1.29 is 14.2 Å². The standard InChI is InChI=1S/C32H29N2O2/c1-5-32(2)23-16-10-12-18-25(23)33(3)26(32)19-22-30(35)28(31(22)36)27-21-15-9-11-17-24(21)34(4)29(27)20-13-7-6-8-14-20/h6-19,28H,5H2,1-4H3/q+1. The number of carbonyl (C=O) groups is 2. The lowest BCUT2D eigenvalue weighted by Crippen LogP contribution is -2.41. The molecule has 0 bridgehead atoms. The fourth-order valence-electron chi connectivity index (χ4n) is 6.17. The van der Waals surface area contributed by atoms with E-state index in [0.717, 1.165) is 45.5 Å². The molecule has 1 aromatic heterocycles. The Morgan fingerprint density at radius 2 is 1.56 bits per heavy atom. The largest absolute Gasteiger partial charge is 0.343 e. The quantitative estimate of drug-likeness (QED) is 0.155. The van der Waals surface area contributed by atoms with Gasteiger partial charge in [-0.1, -0.05) is 73.7 Å². The second kappa shape index (κ2) is 7.99. The van der Waals surface area contributed by atoms with Crippen LogP contribution >= 0.6 is 0 Å². The number of allylic oxidation sites excluding steroid dienone is 2. The molecule has 4 heteroatoms. The molecule has 178 valence electrons. The lowest BCUT2D eigenvalue weighted by Gasteiger charge is -2.28. The molecule has 4 nitrogen and oxygen atoms in total. The summed E-state index contributed by atoms with van der Waals surface area (Å²) in [5, 5.41) is 0.959. The zero-order valence-corrected chi connectivity index (χ0v) is 21.1. The van der Waals surface area contributed by atoms with E-state index in [1.54, 1.807) is 0 Å². The summed E-state index contributed by atoms with van der Waals surface area (Å²) in [6, 6.07) is 26.4. The summed E-state index contributed by atoms with van der Waals surface area (Å²) in [4.78, 5) is 27.5. The summed E-state index contributed by atoms with van der Waals surface area (Å²) in [7, 11) is 4.03. The molecule has 0 spiro atoms. The number of hydrogen-bond acceptors (Lipinski definition) is 2. The molecule has 1 aliphatic heterocycles. The van der Waals surface area contributed by atoms with Crippen LogP contribution in [-0.2, 0) is 22.1 Å². The number of hydrogen-bond donors (Lipinski definition) is 0.